The molecule has 1 heterocycles. The Bertz CT molecular complexity index is 605. The van der Waals surface area contributed by atoms with Crippen molar-refractivity contribution in [3.05, 3.63) is 29.8 Å². The number of hydrogen-bond acceptors (Lipinski definition) is 4. The highest BCUT2D eigenvalue weighted by molar-refractivity contribution is 8.00. The van der Waals surface area contributed by atoms with Gasteiger partial charge in [0.15, 0.2) is 0 Å². The number of ether oxygens (including phenoxy) is 1. The van der Waals surface area contributed by atoms with Crippen LogP contribution >= 0.6 is 11.8 Å². The van der Waals surface area contributed by atoms with Crippen LogP contribution in [0.15, 0.2) is 29.2 Å². The van der Waals surface area contributed by atoms with Crippen LogP contribution in [0.4, 0.5) is 0 Å². The molecule has 1 aliphatic rings. The first-order valence-corrected chi connectivity index (χ1v) is 9.65. The van der Waals surface area contributed by atoms with Gasteiger partial charge in [0, 0.05) is 24.6 Å². The Kier molecular flexibility index (Phi) is 7.32. The number of thioether (sulfide) groups is 1. The number of likely N-dealkylation sites (tertiary alicyclic amines) is 1. The van der Waals surface area contributed by atoms with Gasteiger partial charge >= 0.3 is 5.97 Å². The minimum Gasteiger partial charge on any atom is -0.480 e. The summed E-state index contributed by atoms with van der Waals surface area (Å²) >= 11 is 1.20. The normalized spacial score (nSPS) is 18.6. The lowest BCUT2D eigenvalue weighted by atomic mass is 10.1. The molecule has 0 bridgehead atoms. The summed E-state index contributed by atoms with van der Waals surface area (Å²) in [6.45, 7) is 7.97. The van der Waals surface area contributed by atoms with Crippen LogP contribution in [-0.4, -0.2) is 52.9 Å². The number of benzene rings is 1. The summed E-state index contributed by atoms with van der Waals surface area (Å²) in [4.78, 5) is 26.5. The van der Waals surface area contributed by atoms with E-state index in [2.05, 4.69) is 13.8 Å². The van der Waals surface area contributed by atoms with E-state index in [9.17, 15) is 9.59 Å². The predicted octanol–water partition coefficient (Wildman–Crippen LogP) is 3.53. The summed E-state index contributed by atoms with van der Waals surface area (Å²) in [7, 11) is 0. The van der Waals surface area contributed by atoms with Crippen LogP contribution in [0.3, 0.4) is 0 Å². The minimum absolute atomic E-state index is 0.0457. The second-order valence-corrected chi connectivity index (χ2v) is 8.19. The molecule has 0 radical (unpaired) electrons. The fourth-order valence-corrected chi connectivity index (χ4v) is 3.60. The van der Waals surface area contributed by atoms with Gasteiger partial charge < -0.3 is 14.7 Å². The van der Waals surface area contributed by atoms with Gasteiger partial charge in [-0.15, -0.1) is 11.8 Å². The van der Waals surface area contributed by atoms with Crippen LogP contribution < -0.4 is 0 Å². The molecule has 0 saturated carbocycles. The number of nitrogens with zero attached hydrogens (tertiary/aromatic N) is 1. The maximum absolute atomic E-state index is 12.9. The molecule has 2 rings (SSSR count). The second-order valence-electron chi connectivity index (χ2n) is 6.81. The third-order valence-electron chi connectivity index (χ3n) is 4.25. The monoisotopic (exact) mass is 365 g/mol. The van der Waals surface area contributed by atoms with Crippen LogP contribution in [0.25, 0.3) is 0 Å². The van der Waals surface area contributed by atoms with Gasteiger partial charge in [0.25, 0.3) is 5.91 Å². The van der Waals surface area contributed by atoms with Crippen LogP contribution in [-0.2, 0) is 9.53 Å². The van der Waals surface area contributed by atoms with E-state index >= 15 is 0 Å². The second kappa shape index (κ2) is 9.25. The average molecular weight is 365 g/mol. The van der Waals surface area contributed by atoms with E-state index in [1.807, 2.05) is 23.1 Å². The largest absolute Gasteiger partial charge is 0.480 e. The number of aliphatic carboxylic acids is 1. The molecular weight excluding hydrogens is 338 g/mol. The Morgan fingerprint density at radius 2 is 2.04 bits per heavy atom. The fourth-order valence-electron chi connectivity index (χ4n) is 2.68. The molecule has 0 aromatic heterocycles. The minimum atomic E-state index is -0.882. The Labute approximate surface area is 153 Å². The predicted molar refractivity (Wildman–Crippen MR) is 99.1 cm³/mol. The number of carbonyl (C=O) groups excluding carboxylic acids is 1. The molecule has 1 fully saturated rings. The van der Waals surface area contributed by atoms with Crippen molar-refractivity contribution in [2.45, 2.75) is 49.9 Å². The van der Waals surface area contributed by atoms with Gasteiger partial charge in [0.05, 0.1) is 11.7 Å². The maximum Gasteiger partial charge on any atom is 0.316 e. The van der Waals surface area contributed by atoms with Gasteiger partial charge in [-0.3, -0.25) is 9.59 Å². The van der Waals surface area contributed by atoms with E-state index in [4.69, 9.17) is 9.84 Å². The molecule has 5 nitrogen and oxygen atoms in total. The highest BCUT2D eigenvalue weighted by Crippen LogP contribution is 2.29. The zero-order chi connectivity index (χ0) is 18.4. The first kappa shape index (κ1) is 19.8. The first-order valence-electron chi connectivity index (χ1n) is 8.77. The van der Waals surface area contributed by atoms with E-state index in [-0.39, 0.29) is 12.0 Å². The number of hydrogen-bond donors (Lipinski definition) is 1. The Balaban J connectivity index is 1.98. The molecule has 1 N–H and O–H groups in total. The van der Waals surface area contributed by atoms with Gasteiger partial charge in [0.2, 0.25) is 0 Å². The summed E-state index contributed by atoms with van der Waals surface area (Å²) in [6.07, 6.45) is 1.97. The van der Waals surface area contributed by atoms with E-state index in [0.717, 1.165) is 19.4 Å². The van der Waals surface area contributed by atoms with E-state index < -0.39 is 11.2 Å². The molecule has 1 aromatic carbocycles. The highest BCUT2D eigenvalue weighted by Gasteiger charge is 2.29. The smallest absolute Gasteiger partial charge is 0.316 e. The SMILES string of the molecule is CC(C)CCOC1CCN(C(=O)c2ccccc2SC(C)C(=O)O)C1. The summed E-state index contributed by atoms with van der Waals surface area (Å²) in [5.74, 6) is -0.318. The van der Waals surface area contributed by atoms with Crippen molar-refractivity contribution in [2.75, 3.05) is 19.7 Å². The van der Waals surface area contributed by atoms with Gasteiger partial charge in [-0.1, -0.05) is 26.0 Å². The third kappa shape index (κ3) is 5.75. The van der Waals surface area contributed by atoms with Gasteiger partial charge in [-0.05, 0) is 37.8 Å². The molecule has 1 aromatic rings. The van der Waals surface area contributed by atoms with Crippen molar-refractivity contribution in [2.24, 2.45) is 5.92 Å². The summed E-state index contributed by atoms with van der Waals surface area (Å²) in [6, 6.07) is 7.22. The Morgan fingerprint density at radius 1 is 1.32 bits per heavy atom. The molecule has 0 aliphatic carbocycles. The van der Waals surface area contributed by atoms with Crippen LogP contribution in [0.5, 0.6) is 0 Å². The first-order chi connectivity index (χ1) is 11.9. The van der Waals surface area contributed by atoms with Crippen molar-refractivity contribution in [1.82, 2.24) is 4.90 Å². The topological polar surface area (TPSA) is 66.8 Å². The van der Waals surface area contributed by atoms with Gasteiger partial charge in [0.1, 0.15) is 5.25 Å². The van der Waals surface area contributed by atoms with Crippen LogP contribution in [0.2, 0.25) is 0 Å². The molecule has 0 spiro atoms. The number of amides is 1. The van der Waals surface area contributed by atoms with Crippen molar-refractivity contribution in [3.63, 3.8) is 0 Å². The molecule has 2 unspecified atom stereocenters. The van der Waals surface area contributed by atoms with E-state index in [0.29, 0.717) is 29.5 Å². The number of carboxylic acids is 1. The Morgan fingerprint density at radius 3 is 2.72 bits per heavy atom. The summed E-state index contributed by atoms with van der Waals surface area (Å²) in [5, 5.41) is 8.51. The molecule has 1 amide bonds. The average Bonchev–Trinajstić information content (AvgIpc) is 3.03. The molecule has 25 heavy (non-hydrogen) atoms. The lowest BCUT2D eigenvalue weighted by Crippen LogP contribution is -2.30. The van der Waals surface area contributed by atoms with E-state index in [1.165, 1.54) is 11.8 Å². The van der Waals surface area contributed by atoms with Crippen molar-refractivity contribution < 1.29 is 19.4 Å². The lowest BCUT2D eigenvalue weighted by Gasteiger charge is -2.19. The van der Waals surface area contributed by atoms with Crippen molar-refractivity contribution >= 4 is 23.6 Å². The van der Waals surface area contributed by atoms with E-state index in [1.54, 1.807) is 13.0 Å². The highest BCUT2D eigenvalue weighted by atomic mass is 32.2. The molecular formula is C19H27NO4S. The fraction of sp³-hybridized carbons (Fsp3) is 0.579. The van der Waals surface area contributed by atoms with Crippen LogP contribution in [0, 0.1) is 5.92 Å². The summed E-state index contributed by atoms with van der Waals surface area (Å²) in [5.41, 5.74) is 0.573. The molecule has 2 atom stereocenters. The molecule has 1 saturated heterocycles. The number of rotatable bonds is 8. The zero-order valence-corrected chi connectivity index (χ0v) is 15.9. The molecule has 138 valence electrons. The van der Waals surface area contributed by atoms with Gasteiger partial charge in [-0.25, -0.2) is 0 Å². The van der Waals surface area contributed by atoms with Crippen molar-refractivity contribution in [3.8, 4) is 0 Å². The maximum atomic E-state index is 12.9. The van der Waals surface area contributed by atoms with Gasteiger partial charge in [-0.2, -0.15) is 0 Å². The Hall–Kier alpha value is -1.53. The zero-order valence-electron chi connectivity index (χ0n) is 15.1. The third-order valence-corrected chi connectivity index (χ3v) is 5.42. The summed E-state index contributed by atoms with van der Waals surface area (Å²) < 4.78 is 5.88. The lowest BCUT2D eigenvalue weighted by molar-refractivity contribution is -0.136. The molecule has 1 aliphatic heterocycles. The standard InChI is InChI=1S/C19H27NO4S/c1-13(2)9-11-24-15-8-10-20(12-15)18(21)16-6-4-5-7-17(16)25-14(3)19(22)23/h4-7,13-15H,8-12H2,1-3H3,(H,22,23). The van der Waals surface area contributed by atoms with Crippen LogP contribution in [0.1, 0.15) is 44.0 Å². The molecule has 6 heteroatoms. The quantitative estimate of drug-likeness (QED) is 0.714. The number of carboxylic acid groups (broad SMARTS) is 1. The number of carbonyl (C=O) groups is 2. The van der Waals surface area contributed by atoms with Crippen molar-refractivity contribution in [1.29, 1.82) is 0 Å².